The lowest BCUT2D eigenvalue weighted by Gasteiger charge is -2.09. The monoisotopic (exact) mass is 252 g/mol. The van der Waals surface area contributed by atoms with Crippen molar-refractivity contribution in [2.24, 2.45) is 5.73 Å². The van der Waals surface area contributed by atoms with Crippen LogP contribution in [0.1, 0.15) is 5.56 Å². The predicted octanol–water partition coefficient (Wildman–Crippen LogP) is 3.50. The van der Waals surface area contributed by atoms with Gasteiger partial charge in [-0.3, -0.25) is 4.98 Å². The quantitative estimate of drug-likeness (QED) is 0.758. The first-order chi connectivity index (χ1) is 9.28. The summed E-state index contributed by atoms with van der Waals surface area (Å²) >= 11 is 0. The number of hydrogen-bond donors (Lipinski definition) is 1. The molecule has 19 heavy (non-hydrogen) atoms. The number of hydrogen-bond acceptors (Lipinski definition) is 2. The molecule has 3 heteroatoms. The van der Waals surface area contributed by atoms with Crippen molar-refractivity contribution < 1.29 is 4.39 Å². The standard InChI is InChI=1S/C16H13FN2/c17-14-5-6-15(13(8-14)10-18)12-4-3-11-2-1-7-19-16(11)9-12/h1-9H,10,18H2. The number of aromatic nitrogens is 1. The number of fused-ring (bicyclic) bond motifs is 1. The van der Waals surface area contributed by atoms with Crippen molar-refractivity contribution in [2.75, 3.05) is 0 Å². The first kappa shape index (κ1) is 11.8. The molecule has 1 aromatic heterocycles. The normalized spacial score (nSPS) is 10.8. The van der Waals surface area contributed by atoms with Gasteiger partial charge in [-0.1, -0.05) is 24.3 Å². The lowest BCUT2D eigenvalue weighted by Crippen LogP contribution is -1.99. The summed E-state index contributed by atoms with van der Waals surface area (Å²) in [5, 5.41) is 1.09. The average Bonchev–Trinajstić information content (AvgIpc) is 2.46. The van der Waals surface area contributed by atoms with E-state index in [-0.39, 0.29) is 5.82 Å². The highest BCUT2D eigenvalue weighted by Crippen LogP contribution is 2.27. The van der Waals surface area contributed by atoms with Crippen LogP contribution in [0.3, 0.4) is 0 Å². The maximum atomic E-state index is 13.2. The molecule has 0 aliphatic carbocycles. The molecule has 0 spiro atoms. The highest BCUT2D eigenvalue weighted by Gasteiger charge is 2.06. The second-order valence-electron chi connectivity index (χ2n) is 4.42. The second-order valence-corrected chi connectivity index (χ2v) is 4.42. The Kier molecular flexibility index (Phi) is 2.97. The molecule has 0 aliphatic rings. The number of nitrogens with two attached hydrogens (primary N) is 1. The molecule has 0 saturated heterocycles. The molecule has 0 amide bonds. The minimum atomic E-state index is -0.261. The summed E-state index contributed by atoms with van der Waals surface area (Å²) in [5.74, 6) is -0.261. The van der Waals surface area contributed by atoms with Gasteiger partial charge in [0.15, 0.2) is 0 Å². The molecular weight excluding hydrogens is 239 g/mol. The van der Waals surface area contributed by atoms with Crippen LogP contribution >= 0.6 is 0 Å². The van der Waals surface area contributed by atoms with Gasteiger partial charge < -0.3 is 5.73 Å². The van der Waals surface area contributed by atoms with Gasteiger partial charge in [0.1, 0.15) is 5.82 Å². The molecule has 2 nitrogen and oxygen atoms in total. The maximum absolute atomic E-state index is 13.2. The van der Waals surface area contributed by atoms with E-state index >= 15 is 0 Å². The molecule has 0 atom stereocenters. The van der Waals surface area contributed by atoms with Crippen molar-refractivity contribution in [3.63, 3.8) is 0 Å². The summed E-state index contributed by atoms with van der Waals surface area (Å²) in [7, 11) is 0. The molecular formula is C16H13FN2. The Morgan fingerprint density at radius 1 is 1.05 bits per heavy atom. The third kappa shape index (κ3) is 2.20. The van der Waals surface area contributed by atoms with Crippen LogP contribution in [0.2, 0.25) is 0 Å². The van der Waals surface area contributed by atoms with Gasteiger partial charge in [-0.2, -0.15) is 0 Å². The Hall–Kier alpha value is -2.26. The summed E-state index contributed by atoms with van der Waals surface area (Å²) in [4.78, 5) is 4.34. The first-order valence-corrected chi connectivity index (χ1v) is 6.11. The van der Waals surface area contributed by atoms with E-state index in [0.29, 0.717) is 6.54 Å². The molecule has 0 fully saturated rings. The molecule has 2 N–H and O–H groups in total. The van der Waals surface area contributed by atoms with E-state index in [1.54, 1.807) is 12.3 Å². The van der Waals surface area contributed by atoms with Gasteiger partial charge in [0.25, 0.3) is 0 Å². The van der Waals surface area contributed by atoms with E-state index in [1.807, 2.05) is 30.3 Å². The van der Waals surface area contributed by atoms with E-state index in [9.17, 15) is 4.39 Å². The minimum Gasteiger partial charge on any atom is -0.326 e. The van der Waals surface area contributed by atoms with Crippen LogP contribution in [0.4, 0.5) is 4.39 Å². The molecule has 3 rings (SSSR count). The van der Waals surface area contributed by atoms with Crippen LogP contribution in [-0.4, -0.2) is 4.98 Å². The summed E-state index contributed by atoms with van der Waals surface area (Å²) in [6, 6.07) is 14.7. The van der Waals surface area contributed by atoms with Gasteiger partial charge in [-0.15, -0.1) is 0 Å². The Morgan fingerprint density at radius 3 is 2.79 bits per heavy atom. The van der Waals surface area contributed by atoms with Gasteiger partial charge in [-0.25, -0.2) is 4.39 Å². The number of halogens is 1. The predicted molar refractivity (Wildman–Crippen MR) is 75.0 cm³/mol. The molecule has 0 unspecified atom stereocenters. The van der Waals surface area contributed by atoms with Crippen molar-refractivity contribution in [2.45, 2.75) is 6.54 Å². The van der Waals surface area contributed by atoms with Gasteiger partial charge in [0, 0.05) is 18.1 Å². The fourth-order valence-electron chi connectivity index (χ4n) is 2.25. The second kappa shape index (κ2) is 4.78. The van der Waals surface area contributed by atoms with Gasteiger partial charge in [0.2, 0.25) is 0 Å². The van der Waals surface area contributed by atoms with Gasteiger partial charge in [-0.05, 0) is 41.0 Å². The van der Waals surface area contributed by atoms with Crippen LogP contribution in [0.25, 0.3) is 22.0 Å². The third-order valence-corrected chi connectivity index (χ3v) is 3.20. The molecule has 0 aliphatic heterocycles. The Morgan fingerprint density at radius 2 is 1.95 bits per heavy atom. The van der Waals surface area contributed by atoms with Crippen molar-refractivity contribution in [1.82, 2.24) is 4.98 Å². The van der Waals surface area contributed by atoms with E-state index in [0.717, 1.165) is 27.6 Å². The number of nitrogens with zero attached hydrogens (tertiary/aromatic N) is 1. The van der Waals surface area contributed by atoms with E-state index < -0.39 is 0 Å². The van der Waals surface area contributed by atoms with Crippen molar-refractivity contribution in [3.05, 3.63) is 66.1 Å². The van der Waals surface area contributed by atoms with E-state index in [1.165, 1.54) is 12.1 Å². The van der Waals surface area contributed by atoms with Crippen molar-refractivity contribution >= 4 is 10.9 Å². The molecule has 0 bridgehead atoms. The van der Waals surface area contributed by atoms with Crippen LogP contribution in [0.15, 0.2) is 54.7 Å². The molecule has 1 heterocycles. The zero-order chi connectivity index (χ0) is 13.2. The molecule has 2 aromatic carbocycles. The number of rotatable bonds is 2. The summed E-state index contributed by atoms with van der Waals surface area (Å²) < 4.78 is 13.2. The Balaban J connectivity index is 2.18. The Bertz CT molecular complexity index is 738. The zero-order valence-electron chi connectivity index (χ0n) is 10.3. The summed E-state index contributed by atoms with van der Waals surface area (Å²) in [6.45, 7) is 0.313. The van der Waals surface area contributed by atoms with Crippen LogP contribution < -0.4 is 5.73 Å². The molecule has 0 radical (unpaired) electrons. The zero-order valence-corrected chi connectivity index (χ0v) is 10.3. The molecule has 3 aromatic rings. The van der Waals surface area contributed by atoms with Crippen LogP contribution in [0.5, 0.6) is 0 Å². The maximum Gasteiger partial charge on any atom is 0.123 e. The van der Waals surface area contributed by atoms with Crippen LogP contribution in [-0.2, 0) is 6.54 Å². The molecule has 0 saturated carbocycles. The number of pyridine rings is 1. The lowest BCUT2D eigenvalue weighted by atomic mass is 9.98. The summed E-state index contributed by atoms with van der Waals surface area (Å²) in [5.41, 5.74) is 9.37. The van der Waals surface area contributed by atoms with Crippen LogP contribution in [0, 0.1) is 5.82 Å². The Labute approximate surface area is 110 Å². The highest BCUT2D eigenvalue weighted by atomic mass is 19.1. The fraction of sp³-hybridized carbons (Fsp3) is 0.0625. The van der Waals surface area contributed by atoms with Gasteiger partial charge >= 0.3 is 0 Å². The largest absolute Gasteiger partial charge is 0.326 e. The van der Waals surface area contributed by atoms with Crippen molar-refractivity contribution in [3.8, 4) is 11.1 Å². The van der Waals surface area contributed by atoms with Gasteiger partial charge in [0.05, 0.1) is 5.52 Å². The third-order valence-electron chi connectivity index (χ3n) is 3.20. The average molecular weight is 252 g/mol. The van der Waals surface area contributed by atoms with E-state index in [2.05, 4.69) is 4.98 Å². The molecule has 94 valence electrons. The highest BCUT2D eigenvalue weighted by molar-refractivity contribution is 5.84. The SMILES string of the molecule is NCc1cc(F)ccc1-c1ccc2cccnc2c1. The number of benzene rings is 2. The topological polar surface area (TPSA) is 38.9 Å². The minimum absolute atomic E-state index is 0.261. The van der Waals surface area contributed by atoms with Crippen molar-refractivity contribution in [1.29, 1.82) is 0 Å². The fourth-order valence-corrected chi connectivity index (χ4v) is 2.25. The lowest BCUT2D eigenvalue weighted by molar-refractivity contribution is 0.625. The smallest absolute Gasteiger partial charge is 0.123 e. The first-order valence-electron chi connectivity index (χ1n) is 6.11. The van der Waals surface area contributed by atoms with E-state index in [4.69, 9.17) is 5.73 Å². The summed E-state index contributed by atoms with van der Waals surface area (Å²) in [6.07, 6.45) is 1.76.